The third-order valence-corrected chi connectivity index (χ3v) is 2.87. The molecule has 0 aromatic carbocycles. The number of anilines is 1. The van der Waals surface area contributed by atoms with E-state index in [4.69, 9.17) is 4.74 Å². The Morgan fingerprint density at radius 3 is 3.00 bits per heavy atom. The van der Waals surface area contributed by atoms with Crippen LogP contribution < -0.4 is 10.1 Å². The van der Waals surface area contributed by atoms with Crippen LogP contribution in [0.3, 0.4) is 0 Å². The van der Waals surface area contributed by atoms with E-state index in [-0.39, 0.29) is 0 Å². The number of hydrogen-bond acceptors (Lipinski definition) is 5. The van der Waals surface area contributed by atoms with Crippen LogP contribution in [-0.2, 0) is 10.8 Å². The van der Waals surface area contributed by atoms with E-state index in [1.54, 1.807) is 12.3 Å². The molecule has 0 aliphatic heterocycles. The lowest BCUT2D eigenvalue weighted by atomic mass is 10.4. The highest BCUT2D eigenvalue weighted by molar-refractivity contribution is 7.84. The number of ether oxygens (including phenoxy) is 1. The molecular weight excluding hydrogens is 238 g/mol. The van der Waals surface area contributed by atoms with Gasteiger partial charge in [0.15, 0.2) is 0 Å². The standard InChI is InChI=1S/C11H19N3O2S/c1-3-6-16-11-8-10(13-9-14-11)12-5-4-7-17(2)15/h8-9H,3-7H2,1-2H3,(H,12,13,14). The Morgan fingerprint density at radius 2 is 2.29 bits per heavy atom. The summed E-state index contributed by atoms with van der Waals surface area (Å²) in [5.74, 6) is 2.04. The first-order valence-electron chi connectivity index (χ1n) is 5.71. The fourth-order valence-corrected chi connectivity index (χ4v) is 1.76. The zero-order chi connectivity index (χ0) is 12.5. The Hall–Kier alpha value is -1.17. The molecule has 1 aromatic rings. The van der Waals surface area contributed by atoms with E-state index in [0.717, 1.165) is 25.2 Å². The van der Waals surface area contributed by atoms with Gasteiger partial charge in [-0.2, -0.15) is 0 Å². The maximum Gasteiger partial charge on any atom is 0.218 e. The summed E-state index contributed by atoms with van der Waals surface area (Å²) in [6.07, 6.45) is 5.00. The van der Waals surface area contributed by atoms with Crippen LogP contribution in [0.15, 0.2) is 12.4 Å². The second-order valence-corrected chi connectivity index (χ2v) is 5.20. The highest BCUT2D eigenvalue weighted by Gasteiger charge is 1.99. The second kappa shape index (κ2) is 8.00. The van der Waals surface area contributed by atoms with Gasteiger partial charge < -0.3 is 10.1 Å². The SMILES string of the molecule is CCCOc1cc(NCCCS(C)=O)ncn1. The van der Waals surface area contributed by atoms with E-state index >= 15 is 0 Å². The summed E-state index contributed by atoms with van der Waals surface area (Å²) in [4.78, 5) is 8.10. The molecular formula is C11H19N3O2S. The average Bonchev–Trinajstić information content (AvgIpc) is 2.32. The van der Waals surface area contributed by atoms with Gasteiger partial charge in [-0.15, -0.1) is 0 Å². The summed E-state index contributed by atoms with van der Waals surface area (Å²) in [6, 6.07) is 1.78. The predicted molar refractivity (Wildman–Crippen MR) is 69.9 cm³/mol. The normalized spacial score (nSPS) is 12.1. The van der Waals surface area contributed by atoms with Crippen molar-refractivity contribution in [3.63, 3.8) is 0 Å². The molecule has 0 spiro atoms. The van der Waals surface area contributed by atoms with E-state index in [9.17, 15) is 4.21 Å². The third-order valence-electron chi connectivity index (χ3n) is 2.01. The van der Waals surface area contributed by atoms with Crippen LogP contribution in [0.2, 0.25) is 0 Å². The number of aromatic nitrogens is 2. The van der Waals surface area contributed by atoms with Crippen molar-refractivity contribution in [2.24, 2.45) is 0 Å². The van der Waals surface area contributed by atoms with Crippen molar-refractivity contribution in [1.29, 1.82) is 0 Å². The van der Waals surface area contributed by atoms with E-state index in [2.05, 4.69) is 15.3 Å². The molecule has 17 heavy (non-hydrogen) atoms. The molecule has 5 nitrogen and oxygen atoms in total. The highest BCUT2D eigenvalue weighted by Crippen LogP contribution is 2.10. The van der Waals surface area contributed by atoms with Gasteiger partial charge in [-0.3, -0.25) is 4.21 Å². The zero-order valence-corrected chi connectivity index (χ0v) is 11.1. The quantitative estimate of drug-likeness (QED) is 0.714. The minimum absolute atomic E-state index is 0.586. The van der Waals surface area contributed by atoms with Crippen molar-refractivity contribution < 1.29 is 8.95 Å². The van der Waals surface area contributed by atoms with Crippen LogP contribution in [0.25, 0.3) is 0 Å². The zero-order valence-electron chi connectivity index (χ0n) is 10.3. The van der Waals surface area contributed by atoms with Crippen LogP contribution in [0.1, 0.15) is 19.8 Å². The lowest BCUT2D eigenvalue weighted by Crippen LogP contribution is -2.08. The molecule has 6 heteroatoms. The Kier molecular flexibility index (Phi) is 6.54. The minimum atomic E-state index is -0.730. The van der Waals surface area contributed by atoms with Gasteiger partial charge >= 0.3 is 0 Å². The molecule has 1 atom stereocenters. The van der Waals surface area contributed by atoms with Crippen molar-refractivity contribution >= 4 is 16.6 Å². The number of nitrogens with one attached hydrogen (secondary N) is 1. The Balaban J connectivity index is 2.34. The fraction of sp³-hybridized carbons (Fsp3) is 0.636. The van der Waals surface area contributed by atoms with Crippen molar-refractivity contribution in [3.8, 4) is 5.88 Å². The van der Waals surface area contributed by atoms with Gasteiger partial charge in [0.05, 0.1) is 6.61 Å². The van der Waals surface area contributed by atoms with E-state index < -0.39 is 10.8 Å². The van der Waals surface area contributed by atoms with Gasteiger partial charge in [0.1, 0.15) is 12.1 Å². The fourth-order valence-electron chi connectivity index (χ4n) is 1.21. The second-order valence-electron chi connectivity index (χ2n) is 3.65. The number of nitrogens with zero attached hydrogens (tertiary/aromatic N) is 2. The summed E-state index contributed by atoms with van der Waals surface area (Å²) in [5.41, 5.74) is 0. The van der Waals surface area contributed by atoms with Crippen molar-refractivity contribution in [2.75, 3.05) is 30.5 Å². The molecule has 0 radical (unpaired) electrons. The summed E-state index contributed by atoms with van der Waals surface area (Å²) in [6.45, 7) is 3.46. The average molecular weight is 257 g/mol. The first kappa shape index (κ1) is 13.9. The maximum absolute atomic E-state index is 10.9. The van der Waals surface area contributed by atoms with Gasteiger partial charge in [0.2, 0.25) is 5.88 Å². The molecule has 0 saturated carbocycles. The Labute approximate surface area is 104 Å². The van der Waals surface area contributed by atoms with Crippen LogP contribution in [0.4, 0.5) is 5.82 Å². The molecule has 1 heterocycles. The molecule has 0 aliphatic rings. The van der Waals surface area contributed by atoms with E-state index in [1.165, 1.54) is 6.33 Å². The molecule has 1 N–H and O–H groups in total. The largest absolute Gasteiger partial charge is 0.478 e. The van der Waals surface area contributed by atoms with E-state index in [0.29, 0.717) is 18.2 Å². The molecule has 0 fully saturated rings. The maximum atomic E-state index is 10.9. The summed E-state index contributed by atoms with van der Waals surface area (Å²) >= 11 is 0. The van der Waals surface area contributed by atoms with Crippen molar-refractivity contribution in [3.05, 3.63) is 12.4 Å². The minimum Gasteiger partial charge on any atom is -0.478 e. The Morgan fingerprint density at radius 1 is 1.47 bits per heavy atom. The Bertz CT molecular complexity index is 360. The molecule has 1 aromatic heterocycles. The summed E-state index contributed by atoms with van der Waals surface area (Å²) < 4.78 is 16.3. The van der Waals surface area contributed by atoms with E-state index in [1.807, 2.05) is 6.92 Å². The lowest BCUT2D eigenvalue weighted by molar-refractivity contribution is 0.305. The van der Waals surface area contributed by atoms with Crippen LogP contribution in [-0.4, -0.2) is 39.3 Å². The molecule has 1 rings (SSSR count). The summed E-state index contributed by atoms with van der Waals surface area (Å²) in [7, 11) is -0.730. The number of hydrogen-bond donors (Lipinski definition) is 1. The first-order valence-corrected chi connectivity index (χ1v) is 7.44. The monoisotopic (exact) mass is 257 g/mol. The smallest absolute Gasteiger partial charge is 0.218 e. The highest BCUT2D eigenvalue weighted by atomic mass is 32.2. The third kappa shape index (κ3) is 6.21. The van der Waals surface area contributed by atoms with Gasteiger partial charge in [0.25, 0.3) is 0 Å². The van der Waals surface area contributed by atoms with Gasteiger partial charge in [0, 0.05) is 35.4 Å². The topological polar surface area (TPSA) is 64.1 Å². The van der Waals surface area contributed by atoms with Crippen LogP contribution in [0, 0.1) is 0 Å². The van der Waals surface area contributed by atoms with Crippen molar-refractivity contribution in [2.45, 2.75) is 19.8 Å². The molecule has 0 bridgehead atoms. The lowest BCUT2D eigenvalue weighted by Gasteiger charge is -2.07. The van der Waals surface area contributed by atoms with Crippen LogP contribution in [0.5, 0.6) is 5.88 Å². The first-order chi connectivity index (χ1) is 8.22. The van der Waals surface area contributed by atoms with Gasteiger partial charge in [-0.1, -0.05) is 6.92 Å². The van der Waals surface area contributed by atoms with Crippen LogP contribution >= 0.6 is 0 Å². The molecule has 0 amide bonds. The van der Waals surface area contributed by atoms with Gasteiger partial charge in [-0.05, 0) is 12.8 Å². The summed E-state index contributed by atoms with van der Waals surface area (Å²) in [5, 5.41) is 3.15. The molecule has 96 valence electrons. The van der Waals surface area contributed by atoms with Crippen molar-refractivity contribution in [1.82, 2.24) is 9.97 Å². The molecule has 0 saturated heterocycles. The molecule has 1 unspecified atom stereocenters. The number of rotatable bonds is 8. The molecule has 0 aliphatic carbocycles. The van der Waals surface area contributed by atoms with Gasteiger partial charge in [-0.25, -0.2) is 9.97 Å². The predicted octanol–water partition coefficient (Wildman–Crippen LogP) is 1.45.